The molecule has 1 aliphatic carbocycles. The van der Waals surface area contributed by atoms with Gasteiger partial charge >= 0.3 is 6.03 Å². The van der Waals surface area contributed by atoms with Gasteiger partial charge in [-0.3, -0.25) is 14.5 Å². The van der Waals surface area contributed by atoms with Crippen LogP contribution in [0, 0.1) is 0 Å². The molecule has 2 fully saturated rings. The van der Waals surface area contributed by atoms with E-state index in [9.17, 15) is 14.4 Å². The Balaban J connectivity index is 1.75. The molecule has 0 bridgehead atoms. The zero-order chi connectivity index (χ0) is 15.7. The van der Waals surface area contributed by atoms with Crippen LogP contribution in [0.4, 0.5) is 4.79 Å². The molecule has 0 unspecified atom stereocenters. The van der Waals surface area contributed by atoms with Crippen LogP contribution in [-0.4, -0.2) is 40.4 Å². The van der Waals surface area contributed by atoms with Crippen LogP contribution in [-0.2, 0) is 9.59 Å². The van der Waals surface area contributed by atoms with Crippen LogP contribution in [0.15, 0.2) is 0 Å². The van der Waals surface area contributed by atoms with E-state index in [1.165, 1.54) is 4.90 Å². The normalized spacial score (nSPS) is 23.3. The predicted molar refractivity (Wildman–Crippen MR) is 78.6 cm³/mol. The molecule has 118 valence electrons. The van der Waals surface area contributed by atoms with E-state index in [2.05, 4.69) is 17.6 Å². The van der Waals surface area contributed by atoms with Gasteiger partial charge in [-0.05, 0) is 40.0 Å². The van der Waals surface area contributed by atoms with E-state index in [1.807, 2.05) is 0 Å². The van der Waals surface area contributed by atoms with E-state index in [0.29, 0.717) is 12.8 Å². The fraction of sp³-hybridized carbons (Fsp3) is 0.800. The third kappa shape index (κ3) is 3.54. The Kier molecular flexibility index (Phi) is 4.25. The molecular weight excluding hydrogens is 270 g/mol. The van der Waals surface area contributed by atoms with Gasteiger partial charge in [0.1, 0.15) is 5.54 Å². The molecule has 6 heteroatoms. The molecule has 0 radical (unpaired) electrons. The number of imide groups is 1. The van der Waals surface area contributed by atoms with Crippen molar-refractivity contribution in [3.8, 4) is 0 Å². The number of carbonyl (C=O) groups is 3. The maximum Gasteiger partial charge on any atom is 0.325 e. The molecule has 1 saturated carbocycles. The van der Waals surface area contributed by atoms with Gasteiger partial charge in [0, 0.05) is 18.5 Å². The van der Waals surface area contributed by atoms with Crippen molar-refractivity contribution in [2.24, 2.45) is 0 Å². The molecule has 6 nitrogen and oxygen atoms in total. The summed E-state index contributed by atoms with van der Waals surface area (Å²) < 4.78 is 0. The Hall–Kier alpha value is -1.59. The highest BCUT2D eigenvalue weighted by atomic mass is 16.2. The van der Waals surface area contributed by atoms with Crippen molar-refractivity contribution in [2.75, 3.05) is 6.54 Å². The predicted octanol–water partition coefficient (Wildman–Crippen LogP) is 1.55. The second-order valence-corrected chi connectivity index (χ2v) is 6.93. The number of hydrogen-bond donors (Lipinski definition) is 2. The molecule has 1 aliphatic heterocycles. The molecule has 2 N–H and O–H groups in total. The fourth-order valence-electron chi connectivity index (χ4n) is 3.10. The number of nitrogens with one attached hydrogen (secondary N) is 2. The summed E-state index contributed by atoms with van der Waals surface area (Å²) in [6.45, 7) is 5.73. The van der Waals surface area contributed by atoms with E-state index in [1.54, 1.807) is 13.8 Å². The molecule has 1 saturated heterocycles. The summed E-state index contributed by atoms with van der Waals surface area (Å²) in [5.74, 6) is -0.221. The Bertz CT molecular complexity index is 453. The van der Waals surface area contributed by atoms with Crippen LogP contribution in [0.2, 0.25) is 0 Å². The average molecular weight is 295 g/mol. The Morgan fingerprint density at radius 2 is 1.86 bits per heavy atom. The first-order chi connectivity index (χ1) is 9.73. The Labute approximate surface area is 125 Å². The van der Waals surface area contributed by atoms with Crippen LogP contribution in [0.5, 0.6) is 0 Å². The van der Waals surface area contributed by atoms with Crippen molar-refractivity contribution in [1.82, 2.24) is 15.5 Å². The van der Waals surface area contributed by atoms with Crippen molar-refractivity contribution in [1.29, 1.82) is 0 Å². The fourth-order valence-corrected chi connectivity index (χ4v) is 3.10. The molecule has 1 heterocycles. The van der Waals surface area contributed by atoms with Crippen molar-refractivity contribution in [2.45, 2.75) is 70.4 Å². The lowest BCUT2D eigenvalue weighted by Gasteiger charge is -2.25. The minimum atomic E-state index is -0.837. The number of rotatable bonds is 5. The lowest BCUT2D eigenvalue weighted by molar-refractivity contribution is -0.130. The average Bonchev–Trinajstić information content (AvgIpc) is 2.86. The molecule has 0 aromatic carbocycles. The van der Waals surface area contributed by atoms with Gasteiger partial charge in [0.05, 0.1) is 0 Å². The summed E-state index contributed by atoms with van der Waals surface area (Å²) >= 11 is 0. The van der Waals surface area contributed by atoms with E-state index in [-0.39, 0.29) is 29.9 Å². The maximum absolute atomic E-state index is 12.0. The molecular formula is C15H25N3O3. The molecule has 4 amide bonds. The van der Waals surface area contributed by atoms with Gasteiger partial charge < -0.3 is 10.6 Å². The van der Waals surface area contributed by atoms with Crippen LogP contribution in [0.3, 0.4) is 0 Å². The lowest BCUT2D eigenvalue weighted by Crippen LogP contribution is -2.44. The van der Waals surface area contributed by atoms with E-state index in [4.69, 9.17) is 0 Å². The minimum absolute atomic E-state index is 0.00529. The van der Waals surface area contributed by atoms with Gasteiger partial charge in [0.15, 0.2) is 0 Å². The minimum Gasteiger partial charge on any atom is -0.351 e. The summed E-state index contributed by atoms with van der Waals surface area (Å²) in [4.78, 5) is 36.8. The highest BCUT2D eigenvalue weighted by Crippen LogP contribution is 2.28. The first kappa shape index (κ1) is 15.8. The monoisotopic (exact) mass is 295 g/mol. The zero-order valence-corrected chi connectivity index (χ0v) is 13.1. The molecule has 2 rings (SSSR count). The van der Waals surface area contributed by atoms with Gasteiger partial charge in [-0.1, -0.05) is 12.8 Å². The number of amides is 4. The molecule has 0 atom stereocenters. The van der Waals surface area contributed by atoms with Crippen LogP contribution < -0.4 is 10.6 Å². The quantitative estimate of drug-likeness (QED) is 0.755. The second-order valence-electron chi connectivity index (χ2n) is 6.93. The zero-order valence-electron chi connectivity index (χ0n) is 13.1. The first-order valence-corrected chi connectivity index (χ1v) is 7.69. The standard InChI is InChI=1S/C15H25N3O3/c1-14(2)12(20)18(13(21)17-14)10-6-7-11(19)16-15(3)8-4-5-9-15/h4-10H2,1-3H3,(H,16,19)(H,17,21). The second kappa shape index (κ2) is 5.66. The van der Waals surface area contributed by atoms with E-state index in [0.717, 1.165) is 25.7 Å². The summed E-state index contributed by atoms with van der Waals surface area (Å²) in [5, 5.41) is 5.71. The highest BCUT2D eigenvalue weighted by molar-refractivity contribution is 6.06. The van der Waals surface area contributed by atoms with Crippen molar-refractivity contribution >= 4 is 17.8 Å². The first-order valence-electron chi connectivity index (χ1n) is 7.69. The summed E-state index contributed by atoms with van der Waals surface area (Å²) in [7, 11) is 0. The third-order valence-electron chi connectivity index (χ3n) is 4.38. The van der Waals surface area contributed by atoms with Crippen molar-refractivity contribution in [3.05, 3.63) is 0 Å². The topological polar surface area (TPSA) is 78.5 Å². The van der Waals surface area contributed by atoms with Crippen molar-refractivity contribution in [3.63, 3.8) is 0 Å². The van der Waals surface area contributed by atoms with Crippen LogP contribution in [0.25, 0.3) is 0 Å². The van der Waals surface area contributed by atoms with Gasteiger partial charge in [0.25, 0.3) is 5.91 Å². The molecule has 2 aliphatic rings. The third-order valence-corrected chi connectivity index (χ3v) is 4.38. The summed E-state index contributed by atoms with van der Waals surface area (Å²) in [6.07, 6.45) is 5.22. The van der Waals surface area contributed by atoms with Crippen LogP contribution >= 0.6 is 0 Å². The van der Waals surface area contributed by atoms with E-state index >= 15 is 0 Å². The summed E-state index contributed by atoms with van der Waals surface area (Å²) in [6, 6.07) is -0.367. The smallest absolute Gasteiger partial charge is 0.325 e. The molecule has 0 aromatic heterocycles. The Morgan fingerprint density at radius 1 is 1.24 bits per heavy atom. The molecule has 0 aromatic rings. The van der Waals surface area contributed by atoms with Crippen molar-refractivity contribution < 1.29 is 14.4 Å². The van der Waals surface area contributed by atoms with Gasteiger partial charge in [-0.25, -0.2) is 4.79 Å². The lowest BCUT2D eigenvalue weighted by atomic mass is 10.0. The van der Waals surface area contributed by atoms with Gasteiger partial charge in [-0.2, -0.15) is 0 Å². The maximum atomic E-state index is 12.0. The number of nitrogens with zero attached hydrogens (tertiary/aromatic N) is 1. The van der Waals surface area contributed by atoms with E-state index < -0.39 is 5.54 Å². The molecule has 0 spiro atoms. The number of carbonyl (C=O) groups excluding carboxylic acids is 3. The highest BCUT2D eigenvalue weighted by Gasteiger charge is 2.43. The van der Waals surface area contributed by atoms with Crippen LogP contribution in [0.1, 0.15) is 59.3 Å². The summed E-state index contributed by atoms with van der Waals surface area (Å²) in [5.41, 5.74) is -0.906. The number of hydrogen-bond acceptors (Lipinski definition) is 3. The van der Waals surface area contributed by atoms with Gasteiger partial charge in [0.2, 0.25) is 5.91 Å². The number of urea groups is 1. The Morgan fingerprint density at radius 3 is 2.38 bits per heavy atom. The molecule has 21 heavy (non-hydrogen) atoms. The SMILES string of the molecule is CC1(NC(=O)CCCN2C(=O)NC(C)(C)C2=O)CCCC1. The largest absolute Gasteiger partial charge is 0.351 e. The van der Waals surface area contributed by atoms with Gasteiger partial charge in [-0.15, -0.1) is 0 Å².